The molecule has 1 N–H and O–H groups in total. The summed E-state index contributed by atoms with van der Waals surface area (Å²) in [5, 5.41) is 4.46. The topological polar surface area (TPSA) is 34.1 Å². The summed E-state index contributed by atoms with van der Waals surface area (Å²) in [6.07, 6.45) is -3.82. The molecule has 27 heavy (non-hydrogen) atoms. The van der Waals surface area contributed by atoms with Crippen molar-refractivity contribution in [3.05, 3.63) is 64.8 Å². The lowest BCUT2D eigenvalue weighted by molar-refractivity contribution is -0.141. The molecule has 0 atom stereocenters. The van der Waals surface area contributed by atoms with Crippen LogP contribution in [0.1, 0.15) is 24.6 Å². The number of hydrogen-bond acceptors (Lipinski definition) is 3. The average molecular weight is 395 g/mol. The Hall–Kier alpha value is -2.47. The quantitative estimate of drug-likeness (QED) is 0.532. The zero-order valence-corrected chi connectivity index (χ0v) is 15.4. The van der Waals surface area contributed by atoms with E-state index in [0.717, 1.165) is 17.3 Å². The van der Waals surface area contributed by atoms with Gasteiger partial charge >= 0.3 is 6.18 Å². The van der Waals surface area contributed by atoms with E-state index in [1.54, 1.807) is 30.3 Å². The molecule has 3 rings (SSSR count). The molecule has 0 saturated carbocycles. The van der Waals surface area contributed by atoms with Crippen molar-refractivity contribution in [2.45, 2.75) is 26.1 Å². The monoisotopic (exact) mass is 394 g/mol. The largest absolute Gasteiger partial charge is 0.493 e. The summed E-state index contributed by atoms with van der Waals surface area (Å²) >= 11 is 5.87. The van der Waals surface area contributed by atoms with Crippen LogP contribution in [0.25, 0.3) is 10.9 Å². The maximum absolute atomic E-state index is 13.1. The molecule has 1 heterocycles. The van der Waals surface area contributed by atoms with E-state index in [-0.39, 0.29) is 11.3 Å². The lowest BCUT2D eigenvalue weighted by Gasteiger charge is -2.14. The highest BCUT2D eigenvalue weighted by molar-refractivity contribution is 6.30. The smallest absolute Gasteiger partial charge is 0.433 e. The third-order valence-corrected chi connectivity index (χ3v) is 4.18. The van der Waals surface area contributed by atoms with Gasteiger partial charge in [-0.1, -0.05) is 24.6 Å². The van der Waals surface area contributed by atoms with E-state index >= 15 is 0 Å². The Labute approximate surface area is 160 Å². The van der Waals surface area contributed by atoms with Gasteiger partial charge in [0.2, 0.25) is 0 Å². The molecular weight excluding hydrogens is 377 g/mol. The zero-order valence-electron chi connectivity index (χ0n) is 14.6. The molecule has 0 spiro atoms. The molecule has 2 aromatic carbocycles. The Morgan fingerprint density at radius 1 is 1.07 bits per heavy atom. The van der Waals surface area contributed by atoms with E-state index in [0.29, 0.717) is 30.0 Å². The maximum atomic E-state index is 13.1. The van der Waals surface area contributed by atoms with Gasteiger partial charge in [-0.3, -0.25) is 0 Å². The second-order valence-electron chi connectivity index (χ2n) is 6.06. The molecule has 3 nitrogen and oxygen atoms in total. The Balaban J connectivity index is 1.91. The third-order valence-electron chi connectivity index (χ3n) is 3.93. The highest BCUT2D eigenvalue weighted by Crippen LogP contribution is 2.34. The van der Waals surface area contributed by atoms with Crippen molar-refractivity contribution in [1.82, 2.24) is 4.98 Å². The van der Waals surface area contributed by atoms with Crippen LogP contribution in [0, 0.1) is 0 Å². The van der Waals surface area contributed by atoms with Crippen molar-refractivity contribution in [2.75, 3.05) is 11.9 Å². The standard InChI is InChI=1S/C20H18ClF3N2O/c1-2-9-27-18-11-19(20(22,23)24)26-17-8-3-13(10-16(17)18)12-25-15-6-4-14(21)5-7-15/h3-8,10-11,25H,2,9,12H2,1H3. The summed E-state index contributed by atoms with van der Waals surface area (Å²) in [6.45, 7) is 2.74. The summed E-state index contributed by atoms with van der Waals surface area (Å²) in [5.41, 5.74) is 1.10. The fraction of sp³-hybridized carbons (Fsp3) is 0.250. The fourth-order valence-electron chi connectivity index (χ4n) is 2.60. The van der Waals surface area contributed by atoms with Crippen LogP contribution in [0.5, 0.6) is 5.75 Å². The highest BCUT2D eigenvalue weighted by Gasteiger charge is 2.33. The predicted molar refractivity (Wildman–Crippen MR) is 101 cm³/mol. The van der Waals surface area contributed by atoms with E-state index < -0.39 is 11.9 Å². The first-order valence-electron chi connectivity index (χ1n) is 8.50. The first-order valence-corrected chi connectivity index (χ1v) is 8.87. The van der Waals surface area contributed by atoms with Crippen molar-refractivity contribution in [3.63, 3.8) is 0 Å². The van der Waals surface area contributed by atoms with Crippen LogP contribution in [0.4, 0.5) is 18.9 Å². The third kappa shape index (κ3) is 4.83. The summed E-state index contributed by atoms with van der Waals surface area (Å²) in [7, 11) is 0. The second kappa shape index (κ2) is 8.05. The van der Waals surface area contributed by atoms with E-state index in [1.807, 2.05) is 19.1 Å². The molecule has 3 aromatic rings. The minimum Gasteiger partial charge on any atom is -0.493 e. The van der Waals surface area contributed by atoms with Gasteiger partial charge in [-0.05, 0) is 48.4 Å². The number of aromatic nitrogens is 1. The van der Waals surface area contributed by atoms with Gasteiger partial charge in [0, 0.05) is 28.7 Å². The van der Waals surface area contributed by atoms with Crippen LogP contribution in [0.2, 0.25) is 5.02 Å². The summed E-state index contributed by atoms with van der Waals surface area (Å²) in [4.78, 5) is 3.74. The lowest BCUT2D eigenvalue weighted by Crippen LogP contribution is -2.09. The molecule has 0 unspecified atom stereocenters. The number of alkyl halides is 3. The normalized spacial score (nSPS) is 11.6. The molecule has 0 radical (unpaired) electrons. The van der Waals surface area contributed by atoms with Crippen molar-refractivity contribution in [2.24, 2.45) is 0 Å². The Morgan fingerprint density at radius 2 is 1.81 bits per heavy atom. The number of nitrogens with one attached hydrogen (secondary N) is 1. The molecule has 0 bridgehead atoms. The van der Waals surface area contributed by atoms with Crippen molar-refractivity contribution in [1.29, 1.82) is 0 Å². The molecule has 1 aromatic heterocycles. The fourth-order valence-corrected chi connectivity index (χ4v) is 2.73. The summed E-state index contributed by atoms with van der Waals surface area (Å²) < 4.78 is 44.9. The van der Waals surface area contributed by atoms with Crippen molar-refractivity contribution >= 4 is 28.2 Å². The molecule has 0 aliphatic carbocycles. The van der Waals surface area contributed by atoms with Crippen LogP contribution < -0.4 is 10.1 Å². The zero-order chi connectivity index (χ0) is 19.4. The Bertz CT molecular complexity index is 927. The van der Waals surface area contributed by atoms with Gasteiger partial charge in [0.15, 0.2) is 0 Å². The number of fused-ring (bicyclic) bond motifs is 1. The lowest BCUT2D eigenvalue weighted by atomic mass is 10.1. The highest BCUT2D eigenvalue weighted by atomic mass is 35.5. The molecule has 0 amide bonds. The van der Waals surface area contributed by atoms with Crippen LogP contribution in [-0.2, 0) is 12.7 Å². The van der Waals surface area contributed by atoms with Gasteiger partial charge in [0.05, 0.1) is 12.1 Å². The van der Waals surface area contributed by atoms with Crippen LogP contribution in [-0.4, -0.2) is 11.6 Å². The summed E-state index contributed by atoms with van der Waals surface area (Å²) in [5.74, 6) is 0.197. The Morgan fingerprint density at radius 3 is 2.48 bits per heavy atom. The molecule has 0 fully saturated rings. The van der Waals surface area contributed by atoms with Crippen LogP contribution in [0.15, 0.2) is 48.5 Å². The van der Waals surface area contributed by atoms with E-state index in [2.05, 4.69) is 10.3 Å². The van der Waals surface area contributed by atoms with Gasteiger partial charge in [-0.15, -0.1) is 0 Å². The minimum atomic E-state index is -4.52. The molecule has 7 heteroatoms. The van der Waals surface area contributed by atoms with E-state index in [9.17, 15) is 13.2 Å². The maximum Gasteiger partial charge on any atom is 0.433 e. The van der Waals surface area contributed by atoms with Crippen LogP contribution >= 0.6 is 11.6 Å². The first kappa shape index (κ1) is 19.3. The number of halogens is 4. The number of rotatable bonds is 6. The second-order valence-corrected chi connectivity index (χ2v) is 6.50. The predicted octanol–water partition coefficient (Wildman–Crippen LogP) is 6.31. The van der Waals surface area contributed by atoms with Gasteiger partial charge in [0.25, 0.3) is 0 Å². The number of pyridine rings is 1. The first-order chi connectivity index (χ1) is 12.9. The van der Waals surface area contributed by atoms with Crippen molar-refractivity contribution < 1.29 is 17.9 Å². The minimum absolute atomic E-state index is 0.197. The number of nitrogens with zero attached hydrogens (tertiary/aromatic N) is 1. The molecule has 0 aliphatic heterocycles. The molecular formula is C20H18ClF3N2O. The van der Waals surface area contributed by atoms with E-state index in [1.165, 1.54) is 0 Å². The SMILES string of the molecule is CCCOc1cc(C(F)(F)F)nc2ccc(CNc3ccc(Cl)cc3)cc12. The molecule has 142 valence electrons. The van der Waals surface area contributed by atoms with Crippen molar-refractivity contribution in [3.8, 4) is 5.75 Å². The summed E-state index contributed by atoms with van der Waals surface area (Å²) in [6, 6.07) is 13.4. The van der Waals surface area contributed by atoms with Gasteiger partial charge in [-0.2, -0.15) is 13.2 Å². The molecule has 0 saturated heterocycles. The number of ether oxygens (including phenoxy) is 1. The van der Waals surface area contributed by atoms with Crippen LogP contribution in [0.3, 0.4) is 0 Å². The Kier molecular flexibility index (Phi) is 5.75. The van der Waals surface area contributed by atoms with Gasteiger partial charge in [0.1, 0.15) is 11.4 Å². The number of hydrogen-bond donors (Lipinski definition) is 1. The van der Waals surface area contributed by atoms with Gasteiger partial charge in [-0.25, -0.2) is 4.98 Å². The molecule has 0 aliphatic rings. The number of benzene rings is 2. The average Bonchev–Trinajstić information content (AvgIpc) is 2.64. The number of anilines is 1. The van der Waals surface area contributed by atoms with Gasteiger partial charge < -0.3 is 10.1 Å². The van der Waals surface area contributed by atoms with E-state index in [4.69, 9.17) is 16.3 Å².